The molecule has 0 saturated carbocycles. The second kappa shape index (κ2) is 7.33. The lowest BCUT2D eigenvalue weighted by atomic mass is 9.93. The molecule has 2 aromatic rings. The fraction of sp³-hybridized carbons (Fsp3) is 0.455. The molecule has 0 radical (unpaired) electrons. The van der Waals surface area contributed by atoms with E-state index in [1.54, 1.807) is 23.9 Å². The number of rotatable bonds is 4. The zero-order valence-electron chi connectivity index (χ0n) is 17.1. The average Bonchev–Trinajstić information content (AvgIpc) is 3.32. The van der Waals surface area contributed by atoms with Gasteiger partial charge in [0.05, 0.1) is 17.6 Å². The van der Waals surface area contributed by atoms with E-state index in [1.807, 2.05) is 0 Å². The van der Waals surface area contributed by atoms with Crippen LogP contribution in [0, 0.1) is 0 Å². The monoisotopic (exact) mass is 416 g/mol. The fourth-order valence-electron chi connectivity index (χ4n) is 3.31. The Hall–Kier alpha value is -1.60. The maximum absolute atomic E-state index is 6.71. The quantitative estimate of drug-likeness (QED) is 0.537. The van der Waals surface area contributed by atoms with Crippen molar-refractivity contribution in [2.24, 2.45) is 0 Å². The minimum Gasteiger partial charge on any atom is -0.454 e. The smallest absolute Gasteiger partial charge is 0.275 e. The van der Waals surface area contributed by atoms with Crippen LogP contribution in [0.3, 0.4) is 0 Å². The van der Waals surface area contributed by atoms with Gasteiger partial charge in [-0.15, -0.1) is 11.3 Å². The molecule has 3 heterocycles. The van der Waals surface area contributed by atoms with Crippen molar-refractivity contribution >= 4 is 19.7 Å². The predicted molar refractivity (Wildman–Crippen MR) is 114 cm³/mol. The standard InChI is InChI=1S/C22H28O4SSi/c1-22(2,3)28(4,5)26-18-13-25-20(17-9-7-6-8-16(17)18)15-12-19(27-14-15)21-23-10-11-24-21/h6-12,14,18,20-21H,13H2,1-5H3. The highest BCUT2D eigenvalue weighted by atomic mass is 32.1. The molecule has 4 nitrogen and oxygen atoms in total. The summed E-state index contributed by atoms with van der Waals surface area (Å²) in [5.74, 6) is 0. The Morgan fingerprint density at radius 1 is 1.07 bits per heavy atom. The lowest BCUT2D eigenvalue weighted by Gasteiger charge is -2.41. The topological polar surface area (TPSA) is 36.9 Å². The lowest BCUT2D eigenvalue weighted by Crippen LogP contribution is -2.43. The Balaban J connectivity index is 1.60. The first-order valence-corrected chi connectivity index (χ1v) is 13.5. The van der Waals surface area contributed by atoms with E-state index in [1.165, 1.54) is 11.1 Å². The summed E-state index contributed by atoms with van der Waals surface area (Å²) in [6, 6.07) is 10.6. The summed E-state index contributed by atoms with van der Waals surface area (Å²) in [4.78, 5) is 1.04. The summed E-state index contributed by atoms with van der Waals surface area (Å²) in [7, 11) is -1.89. The minimum absolute atomic E-state index is 0.0165. The van der Waals surface area contributed by atoms with Crippen molar-refractivity contribution in [1.82, 2.24) is 0 Å². The summed E-state index contributed by atoms with van der Waals surface area (Å²) >= 11 is 1.63. The molecular formula is C22H28O4SSi. The Kier molecular flexibility index (Phi) is 5.16. The van der Waals surface area contributed by atoms with Gasteiger partial charge in [-0.1, -0.05) is 45.0 Å². The molecule has 2 aliphatic heterocycles. The normalized spacial score (nSPS) is 22.6. The molecular weight excluding hydrogens is 388 g/mol. The van der Waals surface area contributed by atoms with Crippen LogP contribution in [0.25, 0.3) is 0 Å². The first-order valence-electron chi connectivity index (χ1n) is 9.69. The molecule has 2 aliphatic rings. The van der Waals surface area contributed by atoms with Crippen LogP contribution in [-0.4, -0.2) is 14.9 Å². The molecule has 28 heavy (non-hydrogen) atoms. The van der Waals surface area contributed by atoms with Gasteiger partial charge in [0, 0.05) is 0 Å². The van der Waals surface area contributed by atoms with Crippen LogP contribution in [0.2, 0.25) is 18.1 Å². The molecule has 0 N–H and O–H groups in total. The van der Waals surface area contributed by atoms with Crippen LogP contribution in [-0.2, 0) is 18.6 Å². The molecule has 2 atom stereocenters. The van der Waals surface area contributed by atoms with E-state index < -0.39 is 8.32 Å². The van der Waals surface area contributed by atoms with Gasteiger partial charge in [-0.2, -0.15) is 0 Å². The average molecular weight is 417 g/mol. The second-order valence-corrected chi connectivity index (χ2v) is 14.6. The number of ether oxygens (including phenoxy) is 3. The molecule has 0 fully saturated rings. The maximum atomic E-state index is 6.71. The summed E-state index contributed by atoms with van der Waals surface area (Å²) in [5, 5.41) is 2.30. The predicted octanol–water partition coefficient (Wildman–Crippen LogP) is 6.45. The van der Waals surface area contributed by atoms with Crippen molar-refractivity contribution in [3.05, 3.63) is 69.8 Å². The molecule has 0 saturated heterocycles. The number of fused-ring (bicyclic) bond motifs is 1. The van der Waals surface area contributed by atoms with E-state index in [-0.39, 0.29) is 23.5 Å². The van der Waals surface area contributed by atoms with Gasteiger partial charge in [0.1, 0.15) is 18.6 Å². The Bertz CT molecular complexity index is 859. The van der Waals surface area contributed by atoms with E-state index in [0.29, 0.717) is 6.61 Å². The van der Waals surface area contributed by atoms with Crippen LogP contribution in [0.5, 0.6) is 0 Å². The van der Waals surface area contributed by atoms with E-state index in [0.717, 1.165) is 10.4 Å². The maximum Gasteiger partial charge on any atom is 0.275 e. The third-order valence-electron chi connectivity index (χ3n) is 5.92. The second-order valence-electron chi connectivity index (χ2n) is 8.87. The van der Waals surface area contributed by atoms with Crippen LogP contribution in [0.1, 0.15) is 60.8 Å². The molecule has 0 spiro atoms. The highest BCUT2D eigenvalue weighted by Gasteiger charge is 2.41. The number of benzene rings is 1. The summed E-state index contributed by atoms with van der Waals surface area (Å²) < 4.78 is 24.0. The SMILES string of the molecule is CC(C)(C)[Si](C)(C)OC1COC(c2csc(C3OC=CO3)c2)c2ccccc21. The zero-order chi connectivity index (χ0) is 19.9. The van der Waals surface area contributed by atoms with Gasteiger partial charge < -0.3 is 18.6 Å². The summed E-state index contributed by atoms with van der Waals surface area (Å²) in [6.45, 7) is 12.0. The van der Waals surface area contributed by atoms with Crippen LogP contribution >= 0.6 is 11.3 Å². The van der Waals surface area contributed by atoms with Crippen LogP contribution < -0.4 is 0 Å². The van der Waals surface area contributed by atoms with Crippen molar-refractivity contribution in [3.63, 3.8) is 0 Å². The molecule has 1 aromatic heterocycles. The molecule has 0 amide bonds. The minimum atomic E-state index is -1.89. The van der Waals surface area contributed by atoms with Crippen molar-refractivity contribution in [3.8, 4) is 0 Å². The fourth-order valence-corrected chi connectivity index (χ4v) is 5.46. The third-order valence-corrected chi connectivity index (χ3v) is 11.4. The number of hydrogen-bond donors (Lipinski definition) is 0. The van der Waals surface area contributed by atoms with E-state index >= 15 is 0 Å². The van der Waals surface area contributed by atoms with Gasteiger partial charge in [-0.05, 0) is 46.3 Å². The number of thiophene rings is 1. The van der Waals surface area contributed by atoms with Gasteiger partial charge in [0.25, 0.3) is 6.29 Å². The van der Waals surface area contributed by atoms with Crippen LogP contribution in [0.4, 0.5) is 0 Å². The largest absolute Gasteiger partial charge is 0.454 e. The molecule has 2 unspecified atom stereocenters. The molecule has 1 aromatic carbocycles. The van der Waals surface area contributed by atoms with Gasteiger partial charge in [0.15, 0.2) is 8.32 Å². The molecule has 4 rings (SSSR count). The Morgan fingerprint density at radius 2 is 1.75 bits per heavy atom. The van der Waals surface area contributed by atoms with Crippen molar-refractivity contribution in [1.29, 1.82) is 0 Å². The Morgan fingerprint density at radius 3 is 2.43 bits per heavy atom. The first-order chi connectivity index (χ1) is 13.3. The molecule has 0 bridgehead atoms. The highest BCUT2D eigenvalue weighted by Crippen LogP contribution is 2.45. The highest BCUT2D eigenvalue weighted by molar-refractivity contribution is 7.10. The third kappa shape index (κ3) is 3.66. The lowest BCUT2D eigenvalue weighted by molar-refractivity contribution is -0.0223. The number of hydrogen-bond acceptors (Lipinski definition) is 5. The molecule has 150 valence electrons. The van der Waals surface area contributed by atoms with E-state index in [4.69, 9.17) is 18.6 Å². The first kappa shape index (κ1) is 19.7. The van der Waals surface area contributed by atoms with Gasteiger partial charge in [-0.3, -0.25) is 0 Å². The van der Waals surface area contributed by atoms with Gasteiger partial charge in [0.2, 0.25) is 0 Å². The summed E-state index contributed by atoms with van der Waals surface area (Å²) in [5.41, 5.74) is 3.57. The van der Waals surface area contributed by atoms with Crippen LogP contribution in [0.15, 0.2) is 48.2 Å². The van der Waals surface area contributed by atoms with Crippen molar-refractivity contribution < 1.29 is 18.6 Å². The Labute approximate surface area is 172 Å². The van der Waals surface area contributed by atoms with Crippen molar-refractivity contribution in [2.45, 2.75) is 57.4 Å². The molecule has 6 heteroatoms. The zero-order valence-corrected chi connectivity index (χ0v) is 18.9. The molecule has 0 aliphatic carbocycles. The van der Waals surface area contributed by atoms with E-state index in [9.17, 15) is 0 Å². The van der Waals surface area contributed by atoms with E-state index in [2.05, 4.69) is 69.6 Å². The summed E-state index contributed by atoms with van der Waals surface area (Å²) in [6.07, 6.45) is 2.72. The van der Waals surface area contributed by atoms with Gasteiger partial charge >= 0.3 is 0 Å². The van der Waals surface area contributed by atoms with Gasteiger partial charge in [-0.25, -0.2) is 0 Å². The van der Waals surface area contributed by atoms with Crippen molar-refractivity contribution in [2.75, 3.05) is 6.61 Å².